The molecule has 12 heavy (non-hydrogen) atoms. The second kappa shape index (κ2) is 1.95. The van der Waals surface area contributed by atoms with Gasteiger partial charge in [-0.1, -0.05) is 26.0 Å². The van der Waals surface area contributed by atoms with Crippen molar-refractivity contribution in [2.45, 2.75) is 39.2 Å². The van der Waals surface area contributed by atoms with Crippen LogP contribution in [0.3, 0.4) is 0 Å². The molecule has 3 atom stereocenters. The Kier molecular flexibility index (Phi) is 1.35. The molecule has 2 aliphatic carbocycles. The molecule has 2 rings (SSSR count). The lowest BCUT2D eigenvalue weighted by Crippen LogP contribution is -2.38. The summed E-state index contributed by atoms with van der Waals surface area (Å²) < 4.78 is 0. The van der Waals surface area contributed by atoms with Crippen LogP contribution >= 0.6 is 0 Å². The zero-order chi connectivity index (χ0) is 9.15. The van der Waals surface area contributed by atoms with Crippen molar-refractivity contribution < 1.29 is 5.11 Å². The summed E-state index contributed by atoms with van der Waals surface area (Å²) in [6.07, 6.45) is 2.11. The van der Waals surface area contributed by atoms with E-state index < -0.39 is 5.60 Å². The molecule has 0 heterocycles. The van der Waals surface area contributed by atoms with E-state index in [0.717, 1.165) is 12.8 Å². The molecule has 1 heteroatoms. The van der Waals surface area contributed by atoms with E-state index >= 15 is 0 Å². The number of hydrogen-bond acceptors (Lipinski definition) is 1. The van der Waals surface area contributed by atoms with Crippen LogP contribution in [0.5, 0.6) is 0 Å². The Balaban J connectivity index is 2.36. The average molecular weight is 166 g/mol. The summed E-state index contributed by atoms with van der Waals surface area (Å²) in [4.78, 5) is 0. The summed E-state index contributed by atoms with van der Waals surface area (Å²) in [6.45, 7) is 10.6. The smallest absolute Gasteiger partial charge is 0.0687 e. The van der Waals surface area contributed by atoms with E-state index in [1.807, 2.05) is 6.92 Å². The highest BCUT2D eigenvalue weighted by Crippen LogP contribution is 2.61. The Morgan fingerprint density at radius 3 is 2.33 bits per heavy atom. The Labute approximate surface area is 74.5 Å². The van der Waals surface area contributed by atoms with Crippen molar-refractivity contribution in [2.75, 3.05) is 0 Å². The molecule has 0 unspecified atom stereocenters. The van der Waals surface area contributed by atoms with Gasteiger partial charge in [-0.05, 0) is 31.1 Å². The Morgan fingerprint density at radius 1 is 1.42 bits per heavy atom. The predicted octanol–water partition coefficient (Wildman–Crippen LogP) is 2.36. The molecule has 0 amide bonds. The van der Waals surface area contributed by atoms with E-state index in [1.54, 1.807) is 0 Å². The van der Waals surface area contributed by atoms with Crippen molar-refractivity contribution in [3.8, 4) is 0 Å². The standard InChI is InChI=1S/C11H18O/c1-7-9-5-8(10(7,2)3)6-11(9,4)12/h8-9,12H,1,5-6H2,2-4H3/t8-,9-,11-/m0/s1. The molecule has 1 nitrogen and oxygen atoms in total. The fourth-order valence-corrected chi connectivity index (χ4v) is 3.04. The zero-order valence-electron chi connectivity index (χ0n) is 8.22. The van der Waals surface area contributed by atoms with Crippen LogP contribution in [-0.2, 0) is 0 Å². The SMILES string of the molecule is C=C1[C@@H]2C[C@@H](C[C@]2(C)O)C1(C)C. The van der Waals surface area contributed by atoms with Gasteiger partial charge in [0, 0.05) is 5.92 Å². The second-order valence-corrected chi connectivity index (χ2v) is 5.29. The van der Waals surface area contributed by atoms with Crippen LogP contribution in [0.2, 0.25) is 0 Å². The van der Waals surface area contributed by atoms with Gasteiger partial charge >= 0.3 is 0 Å². The normalized spacial score (nSPS) is 50.2. The molecule has 1 N–H and O–H groups in total. The summed E-state index contributed by atoms with van der Waals surface area (Å²) in [7, 11) is 0. The van der Waals surface area contributed by atoms with Gasteiger partial charge in [0.2, 0.25) is 0 Å². The largest absolute Gasteiger partial charge is 0.390 e. The maximum atomic E-state index is 10.0. The lowest BCUT2D eigenvalue weighted by Gasteiger charge is -2.39. The summed E-state index contributed by atoms with van der Waals surface area (Å²) in [5.41, 5.74) is 1.08. The van der Waals surface area contributed by atoms with E-state index in [-0.39, 0.29) is 5.41 Å². The van der Waals surface area contributed by atoms with Crippen LogP contribution in [0.25, 0.3) is 0 Å². The van der Waals surface area contributed by atoms with Crippen LogP contribution < -0.4 is 0 Å². The number of aliphatic hydroxyl groups is 1. The van der Waals surface area contributed by atoms with Crippen LogP contribution in [0, 0.1) is 17.3 Å². The molecule has 2 fully saturated rings. The number of fused-ring (bicyclic) bond motifs is 2. The third-order valence-electron chi connectivity index (χ3n) is 4.20. The third kappa shape index (κ3) is 0.779. The van der Waals surface area contributed by atoms with Gasteiger partial charge in [0.1, 0.15) is 0 Å². The quantitative estimate of drug-likeness (QED) is 0.548. The molecule has 2 saturated carbocycles. The van der Waals surface area contributed by atoms with Gasteiger partial charge in [-0.25, -0.2) is 0 Å². The molecular weight excluding hydrogens is 148 g/mol. The van der Waals surface area contributed by atoms with E-state index in [0.29, 0.717) is 11.8 Å². The molecule has 0 aromatic heterocycles. The van der Waals surface area contributed by atoms with Crippen molar-refractivity contribution in [2.24, 2.45) is 17.3 Å². The molecule has 0 aliphatic heterocycles. The van der Waals surface area contributed by atoms with Gasteiger partial charge in [-0.3, -0.25) is 0 Å². The first-order chi connectivity index (χ1) is 5.36. The zero-order valence-corrected chi connectivity index (χ0v) is 8.22. The van der Waals surface area contributed by atoms with Crippen LogP contribution in [0.1, 0.15) is 33.6 Å². The lowest BCUT2D eigenvalue weighted by molar-refractivity contribution is 0.00687. The van der Waals surface area contributed by atoms with E-state index in [9.17, 15) is 5.11 Å². The van der Waals surface area contributed by atoms with Crippen molar-refractivity contribution in [1.82, 2.24) is 0 Å². The van der Waals surface area contributed by atoms with Crippen molar-refractivity contribution in [3.63, 3.8) is 0 Å². The van der Waals surface area contributed by atoms with Gasteiger partial charge < -0.3 is 5.11 Å². The van der Waals surface area contributed by atoms with Crippen molar-refractivity contribution in [1.29, 1.82) is 0 Å². The summed E-state index contributed by atoms with van der Waals surface area (Å²) in [5, 5.41) is 10.0. The minimum atomic E-state index is -0.461. The molecule has 0 saturated heterocycles. The monoisotopic (exact) mass is 166 g/mol. The average Bonchev–Trinajstić information content (AvgIpc) is 2.31. The van der Waals surface area contributed by atoms with Gasteiger partial charge in [0.05, 0.1) is 5.60 Å². The van der Waals surface area contributed by atoms with Crippen molar-refractivity contribution >= 4 is 0 Å². The lowest BCUT2D eigenvalue weighted by atomic mass is 9.69. The topological polar surface area (TPSA) is 20.2 Å². The van der Waals surface area contributed by atoms with Crippen molar-refractivity contribution in [3.05, 3.63) is 12.2 Å². The van der Waals surface area contributed by atoms with E-state index in [2.05, 4.69) is 20.4 Å². The predicted molar refractivity (Wildman–Crippen MR) is 49.8 cm³/mol. The minimum Gasteiger partial charge on any atom is -0.390 e. The first-order valence-electron chi connectivity index (χ1n) is 4.77. The summed E-state index contributed by atoms with van der Waals surface area (Å²) in [5.74, 6) is 1.02. The molecule has 0 aromatic carbocycles. The first kappa shape index (κ1) is 8.31. The molecule has 68 valence electrons. The highest BCUT2D eigenvalue weighted by Gasteiger charge is 2.57. The summed E-state index contributed by atoms with van der Waals surface area (Å²) in [6, 6.07) is 0. The van der Waals surface area contributed by atoms with E-state index in [4.69, 9.17) is 0 Å². The highest BCUT2D eigenvalue weighted by molar-refractivity contribution is 5.28. The molecular formula is C11H18O. The number of rotatable bonds is 0. The van der Waals surface area contributed by atoms with Gasteiger partial charge in [-0.15, -0.1) is 0 Å². The summed E-state index contributed by atoms with van der Waals surface area (Å²) >= 11 is 0. The Bertz CT molecular complexity index is 237. The van der Waals surface area contributed by atoms with Gasteiger partial charge in [-0.2, -0.15) is 0 Å². The van der Waals surface area contributed by atoms with Gasteiger partial charge in [0.15, 0.2) is 0 Å². The fourth-order valence-electron chi connectivity index (χ4n) is 3.04. The van der Waals surface area contributed by atoms with Crippen LogP contribution in [0.15, 0.2) is 12.2 Å². The molecule has 0 spiro atoms. The highest BCUT2D eigenvalue weighted by atomic mass is 16.3. The maximum Gasteiger partial charge on any atom is 0.0687 e. The van der Waals surface area contributed by atoms with Crippen LogP contribution in [0.4, 0.5) is 0 Å². The minimum absolute atomic E-state index is 0.271. The van der Waals surface area contributed by atoms with Gasteiger partial charge in [0.25, 0.3) is 0 Å². The Morgan fingerprint density at radius 2 is 2.00 bits per heavy atom. The first-order valence-corrected chi connectivity index (χ1v) is 4.77. The molecule has 2 aliphatic rings. The van der Waals surface area contributed by atoms with Crippen LogP contribution in [-0.4, -0.2) is 10.7 Å². The maximum absolute atomic E-state index is 10.0. The molecule has 0 radical (unpaired) electrons. The molecule has 2 bridgehead atoms. The Hall–Kier alpha value is -0.300. The fraction of sp³-hybridized carbons (Fsp3) is 0.818. The second-order valence-electron chi connectivity index (χ2n) is 5.29. The van der Waals surface area contributed by atoms with E-state index in [1.165, 1.54) is 5.57 Å². The molecule has 0 aromatic rings. The third-order valence-corrected chi connectivity index (χ3v) is 4.20. The number of hydrogen-bond donors (Lipinski definition) is 1.